The van der Waals surface area contributed by atoms with E-state index in [0.717, 1.165) is 24.8 Å². The third kappa shape index (κ3) is 5.70. The van der Waals surface area contributed by atoms with Gasteiger partial charge in [0, 0.05) is 39.3 Å². The molecule has 198 valence electrons. The molecule has 0 amide bonds. The van der Waals surface area contributed by atoms with E-state index in [1.807, 2.05) is 17.0 Å². The molecule has 0 spiro atoms. The van der Waals surface area contributed by atoms with Gasteiger partial charge in [0.2, 0.25) is 20.0 Å². The SMILES string of the molecule is CCCCc1ccc(S(=O)(=O)N2CCN(c3cc(S(=O)(=O)N4CCOCC4)ccc3OC)CC2)cc1. The number of nitrogens with zero attached hydrogens (tertiary/aromatic N) is 3. The van der Waals surface area contributed by atoms with E-state index >= 15 is 0 Å². The monoisotopic (exact) mass is 537 g/mol. The number of piperazine rings is 1. The van der Waals surface area contributed by atoms with Crippen LogP contribution in [0.4, 0.5) is 5.69 Å². The molecule has 0 bridgehead atoms. The van der Waals surface area contributed by atoms with Gasteiger partial charge < -0.3 is 14.4 Å². The lowest BCUT2D eigenvalue weighted by Gasteiger charge is -2.36. The summed E-state index contributed by atoms with van der Waals surface area (Å²) in [6, 6.07) is 12.0. The Morgan fingerprint density at radius 2 is 1.39 bits per heavy atom. The highest BCUT2D eigenvalue weighted by molar-refractivity contribution is 7.89. The first kappa shape index (κ1) is 26.9. The average molecular weight is 538 g/mol. The standard InChI is InChI=1S/C25H35N3O6S2/c1-3-4-5-21-6-8-22(9-7-21)35(29,30)27-14-12-26(13-15-27)24-20-23(10-11-25(24)33-2)36(31,32)28-16-18-34-19-17-28/h6-11,20H,3-5,12-19H2,1-2H3. The molecule has 2 aliphatic rings. The van der Waals surface area contributed by atoms with Crippen LogP contribution in [-0.2, 0) is 31.2 Å². The number of rotatable bonds is 9. The van der Waals surface area contributed by atoms with Crippen LogP contribution >= 0.6 is 0 Å². The third-order valence-corrected chi connectivity index (χ3v) is 10.5. The number of ether oxygens (including phenoxy) is 2. The van der Waals surface area contributed by atoms with Crippen LogP contribution in [0.1, 0.15) is 25.3 Å². The van der Waals surface area contributed by atoms with Crippen LogP contribution in [0.25, 0.3) is 0 Å². The van der Waals surface area contributed by atoms with E-state index in [-0.39, 0.29) is 4.90 Å². The van der Waals surface area contributed by atoms with Crippen molar-refractivity contribution in [2.24, 2.45) is 0 Å². The van der Waals surface area contributed by atoms with Crippen LogP contribution in [0.5, 0.6) is 5.75 Å². The largest absolute Gasteiger partial charge is 0.495 e. The van der Waals surface area contributed by atoms with Crippen molar-refractivity contribution in [2.45, 2.75) is 36.0 Å². The van der Waals surface area contributed by atoms with Crippen molar-refractivity contribution in [1.29, 1.82) is 0 Å². The minimum Gasteiger partial charge on any atom is -0.495 e. The fourth-order valence-electron chi connectivity index (χ4n) is 4.54. The molecule has 2 saturated heterocycles. The fraction of sp³-hybridized carbons (Fsp3) is 0.520. The second kappa shape index (κ2) is 11.5. The molecular weight excluding hydrogens is 502 g/mol. The molecule has 0 unspecified atom stereocenters. The first-order valence-electron chi connectivity index (χ1n) is 12.4. The first-order chi connectivity index (χ1) is 17.3. The number of benzene rings is 2. The number of morpholine rings is 1. The number of anilines is 1. The number of sulfonamides is 2. The number of hydrogen-bond donors (Lipinski definition) is 0. The minimum absolute atomic E-state index is 0.193. The van der Waals surface area contributed by atoms with Gasteiger partial charge in [0.25, 0.3) is 0 Å². The smallest absolute Gasteiger partial charge is 0.243 e. The molecule has 9 nitrogen and oxygen atoms in total. The van der Waals surface area contributed by atoms with Crippen LogP contribution in [0, 0.1) is 0 Å². The van der Waals surface area contributed by atoms with E-state index in [1.165, 1.54) is 8.61 Å². The topological polar surface area (TPSA) is 96.5 Å². The molecule has 2 aliphatic heterocycles. The van der Waals surface area contributed by atoms with Crippen molar-refractivity contribution in [3.05, 3.63) is 48.0 Å². The Balaban J connectivity index is 1.48. The summed E-state index contributed by atoms with van der Waals surface area (Å²) in [7, 11) is -5.73. The van der Waals surface area contributed by atoms with Gasteiger partial charge in [-0.3, -0.25) is 0 Å². The Kier molecular flexibility index (Phi) is 8.56. The van der Waals surface area contributed by atoms with Crippen molar-refractivity contribution in [2.75, 3.05) is 64.5 Å². The Bertz CT molecular complexity index is 1240. The Hall–Kier alpha value is -2.18. The summed E-state index contributed by atoms with van der Waals surface area (Å²) < 4.78 is 66.5. The van der Waals surface area contributed by atoms with Gasteiger partial charge in [0.1, 0.15) is 5.75 Å². The highest BCUT2D eigenvalue weighted by atomic mass is 32.2. The highest BCUT2D eigenvalue weighted by Crippen LogP contribution is 2.33. The van der Waals surface area contributed by atoms with Gasteiger partial charge >= 0.3 is 0 Å². The Labute approximate surface area is 214 Å². The lowest BCUT2D eigenvalue weighted by atomic mass is 10.1. The summed E-state index contributed by atoms with van der Waals surface area (Å²) in [5.74, 6) is 0.551. The van der Waals surface area contributed by atoms with Crippen LogP contribution in [-0.4, -0.2) is 85.0 Å². The fourth-order valence-corrected chi connectivity index (χ4v) is 7.39. The maximum Gasteiger partial charge on any atom is 0.243 e. The quantitative estimate of drug-likeness (QED) is 0.485. The number of aryl methyl sites for hydroxylation is 1. The molecule has 0 aromatic heterocycles. The zero-order valence-corrected chi connectivity index (χ0v) is 22.6. The molecule has 0 radical (unpaired) electrons. The van der Waals surface area contributed by atoms with E-state index in [9.17, 15) is 16.8 Å². The lowest BCUT2D eigenvalue weighted by Crippen LogP contribution is -2.48. The van der Waals surface area contributed by atoms with E-state index in [2.05, 4.69) is 6.92 Å². The number of methoxy groups -OCH3 is 1. The zero-order valence-electron chi connectivity index (χ0n) is 20.9. The number of unbranched alkanes of at least 4 members (excludes halogenated alkanes) is 1. The van der Waals surface area contributed by atoms with Gasteiger partial charge in [-0.25, -0.2) is 16.8 Å². The summed E-state index contributed by atoms with van der Waals surface area (Å²) in [4.78, 5) is 2.47. The Morgan fingerprint density at radius 1 is 0.806 bits per heavy atom. The Morgan fingerprint density at radius 3 is 2.00 bits per heavy atom. The molecule has 0 N–H and O–H groups in total. The van der Waals surface area contributed by atoms with Crippen molar-refractivity contribution < 1.29 is 26.3 Å². The highest BCUT2D eigenvalue weighted by Gasteiger charge is 2.31. The van der Waals surface area contributed by atoms with Crippen molar-refractivity contribution in [1.82, 2.24) is 8.61 Å². The van der Waals surface area contributed by atoms with Gasteiger partial charge in [-0.1, -0.05) is 25.5 Å². The summed E-state index contributed by atoms with van der Waals surface area (Å²) in [5, 5.41) is 0. The molecule has 36 heavy (non-hydrogen) atoms. The molecule has 4 rings (SSSR count). The molecule has 0 aliphatic carbocycles. The molecule has 2 aromatic carbocycles. The second-order valence-electron chi connectivity index (χ2n) is 8.99. The molecule has 2 fully saturated rings. The van der Waals surface area contributed by atoms with Gasteiger partial charge in [0.15, 0.2) is 0 Å². The van der Waals surface area contributed by atoms with E-state index in [4.69, 9.17) is 9.47 Å². The molecule has 0 saturated carbocycles. The van der Waals surface area contributed by atoms with Crippen LogP contribution in [0.15, 0.2) is 52.3 Å². The molecular formula is C25H35N3O6S2. The predicted molar refractivity (Wildman–Crippen MR) is 139 cm³/mol. The summed E-state index contributed by atoms with van der Waals surface area (Å²) in [6.45, 7) is 4.96. The molecule has 2 aromatic rings. The maximum atomic E-state index is 13.2. The number of hydrogen-bond acceptors (Lipinski definition) is 7. The molecule has 11 heteroatoms. The predicted octanol–water partition coefficient (Wildman–Crippen LogP) is 2.57. The molecule has 0 atom stereocenters. The van der Waals surface area contributed by atoms with Gasteiger partial charge in [-0.05, 0) is 48.7 Å². The van der Waals surface area contributed by atoms with Crippen molar-refractivity contribution >= 4 is 25.7 Å². The summed E-state index contributed by atoms with van der Waals surface area (Å²) >= 11 is 0. The minimum atomic E-state index is -3.66. The first-order valence-corrected chi connectivity index (χ1v) is 15.3. The van der Waals surface area contributed by atoms with E-state index < -0.39 is 20.0 Å². The van der Waals surface area contributed by atoms with E-state index in [0.29, 0.717) is 68.8 Å². The van der Waals surface area contributed by atoms with Crippen molar-refractivity contribution in [3.8, 4) is 5.75 Å². The zero-order chi connectivity index (χ0) is 25.8. The molecule has 2 heterocycles. The van der Waals surface area contributed by atoms with Gasteiger partial charge in [-0.2, -0.15) is 8.61 Å². The maximum absolute atomic E-state index is 13.2. The summed E-state index contributed by atoms with van der Waals surface area (Å²) in [5.41, 5.74) is 1.78. The summed E-state index contributed by atoms with van der Waals surface area (Å²) in [6.07, 6.45) is 3.11. The van der Waals surface area contributed by atoms with Gasteiger partial charge in [0.05, 0.1) is 35.8 Å². The van der Waals surface area contributed by atoms with E-state index in [1.54, 1.807) is 37.4 Å². The third-order valence-electron chi connectivity index (χ3n) is 6.72. The average Bonchev–Trinajstić information content (AvgIpc) is 2.92. The van der Waals surface area contributed by atoms with Crippen LogP contribution in [0.2, 0.25) is 0 Å². The van der Waals surface area contributed by atoms with Gasteiger partial charge in [-0.15, -0.1) is 0 Å². The van der Waals surface area contributed by atoms with Crippen LogP contribution < -0.4 is 9.64 Å². The lowest BCUT2D eigenvalue weighted by molar-refractivity contribution is 0.0730. The normalized spacial score (nSPS) is 18.3. The van der Waals surface area contributed by atoms with Crippen molar-refractivity contribution in [3.63, 3.8) is 0 Å². The van der Waals surface area contributed by atoms with Crippen LogP contribution in [0.3, 0.4) is 0 Å². The second-order valence-corrected chi connectivity index (χ2v) is 12.9.